The zero-order chi connectivity index (χ0) is 24.2. The number of para-hydroxylation sites is 1. The van der Waals surface area contributed by atoms with Crippen molar-refractivity contribution in [3.63, 3.8) is 0 Å². The summed E-state index contributed by atoms with van der Waals surface area (Å²) < 4.78 is 4.13. The second kappa shape index (κ2) is 10.4. The van der Waals surface area contributed by atoms with E-state index in [2.05, 4.69) is 130 Å². The minimum atomic E-state index is -0.0222. The average molecular weight is 468 g/mol. The molecule has 0 spiro atoms. The van der Waals surface area contributed by atoms with Gasteiger partial charge in [0.25, 0.3) is 0 Å². The highest BCUT2D eigenvalue weighted by Gasteiger charge is 2.32. The minimum Gasteiger partial charge on any atom is -0.353 e. The van der Waals surface area contributed by atoms with Crippen molar-refractivity contribution >= 4 is 6.08 Å². The molecule has 7 nitrogen and oxygen atoms in total. The maximum atomic E-state index is 4.57. The minimum absolute atomic E-state index is 0.0222. The van der Waals surface area contributed by atoms with Crippen LogP contribution in [-0.2, 0) is 7.05 Å². The van der Waals surface area contributed by atoms with Crippen LogP contribution in [0.4, 0.5) is 0 Å². The van der Waals surface area contributed by atoms with E-state index in [4.69, 9.17) is 0 Å². The molecular weight excluding hydrogens is 434 g/mol. The Morgan fingerprint density at radius 1 is 0.886 bits per heavy atom. The van der Waals surface area contributed by atoms with Crippen LogP contribution in [0.15, 0.2) is 72.9 Å². The Labute approximate surface area is 207 Å². The molecule has 0 saturated carbocycles. The lowest BCUT2D eigenvalue weighted by Crippen LogP contribution is -2.48. The van der Waals surface area contributed by atoms with Crippen LogP contribution in [0, 0.1) is 13.8 Å². The van der Waals surface area contributed by atoms with E-state index in [1.54, 1.807) is 0 Å². The lowest BCUT2D eigenvalue weighted by atomic mass is 10.1. The summed E-state index contributed by atoms with van der Waals surface area (Å²) in [7, 11) is 2.10. The van der Waals surface area contributed by atoms with Crippen LogP contribution < -0.4 is 0 Å². The highest BCUT2D eigenvalue weighted by Crippen LogP contribution is 2.30. The molecule has 180 valence electrons. The molecule has 0 bridgehead atoms. The van der Waals surface area contributed by atoms with Gasteiger partial charge in [-0.2, -0.15) is 4.68 Å². The summed E-state index contributed by atoms with van der Waals surface area (Å²) in [6, 6.07) is 21.1. The number of hydrogen-bond acceptors (Lipinski definition) is 5. The van der Waals surface area contributed by atoms with E-state index in [-0.39, 0.29) is 6.04 Å². The van der Waals surface area contributed by atoms with Crippen LogP contribution in [0.25, 0.3) is 11.8 Å². The second-order valence-corrected chi connectivity index (χ2v) is 9.29. The second-order valence-electron chi connectivity index (χ2n) is 9.29. The van der Waals surface area contributed by atoms with E-state index < -0.39 is 0 Å². The van der Waals surface area contributed by atoms with Crippen LogP contribution in [0.5, 0.6) is 0 Å². The molecule has 0 N–H and O–H groups in total. The van der Waals surface area contributed by atoms with Crippen LogP contribution in [0.2, 0.25) is 0 Å². The van der Waals surface area contributed by atoms with Gasteiger partial charge in [-0.1, -0.05) is 60.7 Å². The van der Waals surface area contributed by atoms with Crippen LogP contribution in [0.3, 0.4) is 0 Å². The number of benzene rings is 2. The molecule has 0 amide bonds. The maximum absolute atomic E-state index is 4.57. The summed E-state index contributed by atoms with van der Waals surface area (Å²) in [5.41, 5.74) is 5.84. The summed E-state index contributed by atoms with van der Waals surface area (Å²) in [6.45, 7) is 9.11. The smallest absolute Gasteiger partial charge is 0.179 e. The van der Waals surface area contributed by atoms with Gasteiger partial charge < -0.3 is 4.57 Å². The molecule has 2 aromatic carbocycles. The van der Waals surface area contributed by atoms with E-state index in [1.165, 1.54) is 22.4 Å². The molecule has 0 aliphatic carbocycles. The molecule has 1 unspecified atom stereocenters. The average Bonchev–Trinajstić information content (AvgIpc) is 3.51. The first-order valence-electron chi connectivity index (χ1n) is 12.3. The van der Waals surface area contributed by atoms with Crippen molar-refractivity contribution in [3.05, 3.63) is 101 Å². The zero-order valence-corrected chi connectivity index (χ0v) is 20.7. The molecular formula is C28H33N7. The topological polar surface area (TPSA) is 55.0 Å². The van der Waals surface area contributed by atoms with Gasteiger partial charge in [0.1, 0.15) is 6.04 Å². The molecule has 1 fully saturated rings. The first kappa shape index (κ1) is 23.2. The summed E-state index contributed by atoms with van der Waals surface area (Å²) in [4.78, 5) is 5.02. The number of piperazine rings is 1. The van der Waals surface area contributed by atoms with E-state index in [1.807, 2.05) is 4.68 Å². The predicted molar refractivity (Wildman–Crippen MR) is 139 cm³/mol. The third kappa shape index (κ3) is 4.97. The number of hydrogen-bond donors (Lipinski definition) is 0. The number of aromatic nitrogens is 5. The number of rotatable bonds is 7. The monoisotopic (exact) mass is 467 g/mol. The molecule has 5 rings (SSSR count). The fraction of sp³-hybridized carbons (Fsp3) is 0.321. The Kier molecular flexibility index (Phi) is 6.88. The Hall–Kier alpha value is -3.55. The van der Waals surface area contributed by atoms with Crippen molar-refractivity contribution in [2.75, 3.05) is 32.7 Å². The highest BCUT2D eigenvalue weighted by molar-refractivity contribution is 5.49. The van der Waals surface area contributed by atoms with Gasteiger partial charge in [-0.05, 0) is 53.1 Å². The van der Waals surface area contributed by atoms with Gasteiger partial charge in [-0.3, -0.25) is 9.80 Å². The molecule has 1 atom stereocenters. The quantitative estimate of drug-likeness (QED) is 0.411. The first-order chi connectivity index (χ1) is 17.1. The number of nitrogens with zero attached hydrogens (tertiary/aromatic N) is 7. The first-order valence-corrected chi connectivity index (χ1v) is 12.3. The van der Waals surface area contributed by atoms with Crippen molar-refractivity contribution in [1.82, 2.24) is 34.6 Å². The highest BCUT2D eigenvalue weighted by atomic mass is 15.6. The Balaban J connectivity index is 1.38. The van der Waals surface area contributed by atoms with Crippen LogP contribution in [-0.4, -0.2) is 67.3 Å². The third-order valence-corrected chi connectivity index (χ3v) is 6.90. The largest absolute Gasteiger partial charge is 0.353 e. The van der Waals surface area contributed by atoms with Crippen LogP contribution >= 0.6 is 0 Å². The lowest BCUT2D eigenvalue weighted by Gasteiger charge is -2.38. The molecule has 0 radical (unpaired) electrons. The molecule has 1 aliphatic heterocycles. The lowest BCUT2D eigenvalue weighted by molar-refractivity contribution is 0.111. The normalized spacial score (nSPS) is 16.2. The van der Waals surface area contributed by atoms with Crippen LogP contribution in [0.1, 0.15) is 34.3 Å². The summed E-state index contributed by atoms with van der Waals surface area (Å²) >= 11 is 0. The van der Waals surface area contributed by atoms with Gasteiger partial charge in [0.15, 0.2) is 5.82 Å². The van der Waals surface area contributed by atoms with Gasteiger partial charge in [0, 0.05) is 51.7 Å². The van der Waals surface area contributed by atoms with Crippen molar-refractivity contribution in [1.29, 1.82) is 0 Å². The number of tetrazole rings is 1. The van der Waals surface area contributed by atoms with Gasteiger partial charge >= 0.3 is 0 Å². The molecule has 35 heavy (non-hydrogen) atoms. The Morgan fingerprint density at radius 3 is 2.31 bits per heavy atom. The standard InChI is InChI=1S/C28H33N7/c1-22-10-7-11-23(2)26(22)35-28(29-30-31-35)27(25-15-9-16-32(25)3)34-20-18-33(19-21-34)17-8-14-24-12-5-4-6-13-24/h4-16,27H,17-21H2,1-3H3. The predicted octanol–water partition coefficient (Wildman–Crippen LogP) is 4.04. The molecule has 1 aliphatic rings. The van der Waals surface area contributed by atoms with E-state index >= 15 is 0 Å². The van der Waals surface area contributed by atoms with Crippen molar-refractivity contribution in [2.24, 2.45) is 7.05 Å². The molecule has 1 saturated heterocycles. The van der Waals surface area contributed by atoms with Crippen molar-refractivity contribution in [2.45, 2.75) is 19.9 Å². The third-order valence-electron chi connectivity index (χ3n) is 6.90. The Bertz CT molecular complexity index is 1260. The zero-order valence-electron chi connectivity index (χ0n) is 20.7. The summed E-state index contributed by atoms with van der Waals surface area (Å²) in [6.07, 6.45) is 6.57. The molecule has 4 aromatic rings. The van der Waals surface area contributed by atoms with Gasteiger partial charge in [0.2, 0.25) is 0 Å². The van der Waals surface area contributed by atoms with Gasteiger partial charge in [-0.25, -0.2) is 0 Å². The fourth-order valence-corrected chi connectivity index (χ4v) is 5.01. The summed E-state index contributed by atoms with van der Waals surface area (Å²) in [5.74, 6) is 0.863. The maximum Gasteiger partial charge on any atom is 0.179 e. The summed E-state index contributed by atoms with van der Waals surface area (Å²) in [5, 5.41) is 13.1. The number of aryl methyl sites for hydroxylation is 3. The van der Waals surface area contributed by atoms with Crippen molar-refractivity contribution < 1.29 is 0 Å². The molecule has 3 heterocycles. The van der Waals surface area contributed by atoms with E-state index in [0.29, 0.717) is 0 Å². The SMILES string of the molecule is Cc1cccc(C)c1-n1nnnc1C(c1cccn1C)N1CCN(CC=Cc2ccccc2)CC1. The molecule has 7 heteroatoms. The Morgan fingerprint density at radius 2 is 1.63 bits per heavy atom. The van der Waals surface area contributed by atoms with Crippen molar-refractivity contribution in [3.8, 4) is 5.69 Å². The fourth-order valence-electron chi connectivity index (χ4n) is 5.01. The molecule has 2 aromatic heterocycles. The van der Waals surface area contributed by atoms with E-state index in [9.17, 15) is 0 Å². The van der Waals surface area contributed by atoms with Gasteiger partial charge in [-0.15, -0.1) is 5.10 Å². The van der Waals surface area contributed by atoms with Gasteiger partial charge in [0.05, 0.1) is 5.69 Å². The van der Waals surface area contributed by atoms with E-state index in [0.717, 1.165) is 44.2 Å².